The molecule has 0 aromatic carbocycles. The zero-order valence-corrected chi connectivity index (χ0v) is 7.12. The maximum atomic E-state index is 12.3. The van der Waals surface area contributed by atoms with Crippen LogP contribution in [0.15, 0.2) is 12.2 Å². The number of esters is 1. The predicted octanol–water partition coefficient (Wildman–Crippen LogP) is 2.65. The lowest BCUT2D eigenvalue weighted by molar-refractivity contribution is -0.278. The molecule has 0 bridgehead atoms. The van der Waals surface area contributed by atoms with Crippen LogP contribution in [0.5, 0.6) is 0 Å². The van der Waals surface area contributed by atoms with E-state index in [-0.39, 0.29) is 0 Å². The van der Waals surface area contributed by atoms with Crippen LogP contribution < -0.4 is 0 Å². The van der Waals surface area contributed by atoms with E-state index in [1.807, 2.05) is 0 Å². The normalized spacial score (nSPS) is 12.4. The van der Waals surface area contributed by atoms with Gasteiger partial charge in [0.2, 0.25) is 0 Å². The summed E-state index contributed by atoms with van der Waals surface area (Å²) in [5.74, 6) is -1.56. The molecule has 0 saturated heterocycles. The highest BCUT2D eigenvalue weighted by molar-refractivity contribution is 5.87. The fourth-order valence-corrected chi connectivity index (χ4v) is 0.492. The summed E-state index contributed by atoms with van der Waals surface area (Å²) in [6.45, 7) is 3.99. The zero-order chi connectivity index (χ0) is 11.6. The fourth-order valence-electron chi connectivity index (χ4n) is 0.492. The molecule has 0 aromatic heterocycles. The largest absolute Gasteiger partial charge is 0.408 e. The molecule has 0 radical (unpaired) electrons. The molecule has 0 heterocycles. The standard InChI is InChI=1S/C7H7F5O2/c1-4(2)5(13)14-7(11,12)3-6(8,9)10/h1,3H2,2H3. The summed E-state index contributed by atoms with van der Waals surface area (Å²) in [5, 5.41) is 0. The molecule has 0 atom stereocenters. The van der Waals surface area contributed by atoms with Crippen LogP contribution in [0.3, 0.4) is 0 Å². The Kier molecular flexibility index (Phi) is 3.61. The van der Waals surface area contributed by atoms with Crippen molar-refractivity contribution in [3.63, 3.8) is 0 Å². The lowest BCUT2D eigenvalue weighted by Crippen LogP contribution is -2.31. The van der Waals surface area contributed by atoms with Gasteiger partial charge in [-0.1, -0.05) is 6.58 Å². The second-order valence-electron chi connectivity index (χ2n) is 2.60. The van der Waals surface area contributed by atoms with Gasteiger partial charge in [0, 0.05) is 5.57 Å². The van der Waals surface area contributed by atoms with Crippen LogP contribution in [0.2, 0.25) is 0 Å². The van der Waals surface area contributed by atoms with Gasteiger partial charge in [-0.05, 0) is 6.92 Å². The van der Waals surface area contributed by atoms with Crippen molar-refractivity contribution in [2.45, 2.75) is 25.6 Å². The SMILES string of the molecule is C=C(C)C(=O)OC(F)(F)CC(F)(F)F. The van der Waals surface area contributed by atoms with Gasteiger partial charge in [0.1, 0.15) is 6.42 Å². The molecule has 0 fully saturated rings. The average molecular weight is 218 g/mol. The van der Waals surface area contributed by atoms with Crippen LogP contribution in [0.1, 0.15) is 13.3 Å². The van der Waals surface area contributed by atoms with Crippen molar-refractivity contribution >= 4 is 5.97 Å². The van der Waals surface area contributed by atoms with E-state index in [1.54, 1.807) is 0 Å². The quantitative estimate of drug-likeness (QED) is 0.413. The lowest BCUT2D eigenvalue weighted by Gasteiger charge is -2.17. The van der Waals surface area contributed by atoms with Crippen molar-refractivity contribution in [3.8, 4) is 0 Å². The van der Waals surface area contributed by atoms with Crippen molar-refractivity contribution < 1.29 is 31.5 Å². The van der Waals surface area contributed by atoms with E-state index < -0.39 is 30.2 Å². The first-order valence-electron chi connectivity index (χ1n) is 3.37. The Hall–Kier alpha value is -1.14. The molecule has 7 heteroatoms. The molecular formula is C7H7F5O2. The first-order chi connectivity index (χ1) is 6.03. The maximum absolute atomic E-state index is 12.3. The number of rotatable bonds is 3. The summed E-state index contributed by atoms with van der Waals surface area (Å²) in [6.07, 6.45) is -12.1. The van der Waals surface area contributed by atoms with Gasteiger partial charge in [0.05, 0.1) is 0 Å². The van der Waals surface area contributed by atoms with Crippen LogP contribution in [-0.2, 0) is 9.53 Å². The minimum absolute atomic E-state index is 0.396. The molecule has 0 spiro atoms. The average Bonchev–Trinajstić information content (AvgIpc) is 1.78. The number of carbonyl (C=O) groups excluding carboxylic acids is 1. The monoisotopic (exact) mass is 218 g/mol. The van der Waals surface area contributed by atoms with Gasteiger partial charge in [-0.15, -0.1) is 0 Å². The molecule has 2 nitrogen and oxygen atoms in total. The molecule has 0 aliphatic heterocycles. The molecule has 0 aliphatic carbocycles. The molecule has 0 saturated carbocycles. The summed E-state index contributed by atoms with van der Waals surface area (Å²) in [4.78, 5) is 10.5. The smallest absolute Gasteiger partial charge is 0.397 e. The number of hydrogen-bond acceptors (Lipinski definition) is 2. The van der Waals surface area contributed by atoms with Gasteiger partial charge in [0.25, 0.3) is 0 Å². The first kappa shape index (κ1) is 12.9. The zero-order valence-electron chi connectivity index (χ0n) is 7.12. The number of carbonyl (C=O) groups is 1. The van der Waals surface area contributed by atoms with E-state index in [2.05, 4.69) is 11.3 Å². The van der Waals surface area contributed by atoms with Gasteiger partial charge < -0.3 is 4.74 Å². The van der Waals surface area contributed by atoms with Crippen LogP contribution in [0, 0.1) is 0 Å². The Morgan fingerprint density at radius 1 is 1.29 bits per heavy atom. The van der Waals surface area contributed by atoms with Crippen LogP contribution in [0.4, 0.5) is 22.0 Å². The molecule has 82 valence electrons. The Bertz CT molecular complexity index is 243. The second kappa shape index (κ2) is 3.93. The van der Waals surface area contributed by atoms with E-state index in [4.69, 9.17) is 0 Å². The van der Waals surface area contributed by atoms with Gasteiger partial charge in [0.15, 0.2) is 0 Å². The molecule has 0 rings (SSSR count). The van der Waals surface area contributed by atoms with Crippen molar-refractivity contribution in [3.05, 3.63) is 12.2 Å². The summed E-state index contributed by atoms with van der Waals surface area (Å²) < 4.78 is 62.5. The molecule has 0 aromatic rings. The predicted molar refractivity (Wildman–Crippen MR) is 36.5 cm³/mol. The third-order valence-corrected chi connectivity index (χ3v) is 0.997. The van der Waals surface area contributed by atoms with Crippen molar-refractivity contribution in [1.29, 1.82) is 0 Å². The fraction of sp³-hybridized carbons (Fsp3) is 0.571. The molecule has 0 aliphatic rings. The Morgan fingerprint density at radius 2 is 1.71 bits per heavy atom. The number of ether oxygens (including phenoxy) is 1. The maximum Gasteiger partial charge on any atom is 0.408 e. The number of alkyl halides is 5. The highest BCUT2D eigenvalue weighted by Crippen LogP contribution is 2.32. The van der Waals surface area contributed by atoms with Gasteiger partial charge in [-0.3, -0.25) is 0 Å². The summed E-state index contributed by atoms with van der Waals surface area (Å²) in [7, 11) is 0. The van der Waals surface area contributed by atoms with Crippen LogP contribution in [-0.4, -0.2) is 18.3 Å². The third-order valence-electron chi connectivity index (χ3n) is 0.997. The summed E-state index contributed by atoms with van der Waals surface area (Å²) >= 11 is 0. The van der Waals surface area contributed by atoms with Crippen molar-refractivity contribution in [1.82, 2.24) is 0 Å². The van der Waals surface area contributed by atoms with E-state index >= 15 is 0 Å². The highest BCUT2D eigenvalue weighted by Gasteiger charge is 2.46. The van der Waals surface area contributed by atoms with Crippen LogP contribution >= 0.6 is 0 Å². The summed E-state index contributed by atoms with van der Waals surface area (Å²) in [6, 6.07) is 0. The molecule has 0 N–H and O–H groups in total. The van der Waals surface area contributed by atoms with E-state index in [0.717, 1.165) is 6.92 Å². The minimum atomic E-state index is -5.10. The molecule has 14 heavy (non-hydrogen) atoms. The highest BCUT2D eigenvalue weighted by atomic mass is 19.4. The van der Waals surface area contributed by atoms with E-state index in [9.17, 15) is 26.7 Å². The molecule has 0 amide bonds. The Balaban J connectivity index is 4.35. The van der Waals surface area contributed by atoms with E-state index in [0.29, 0.717) is 0 Å². The first-order valence-corrected chi connectivity index (χ1v) is 3.37. The topological polar surface area (TPSA) is 26.3 Å². The lowest BCUT2D eigenvalue weighted by atomic mass is 10.3. The van der Waals surface area contributed by atoms with Gasteiger partial charge in [-0.25, -0.2) is 4.79 Å². The second-order valence-corrected chi connectivity index (χ2v) is 2.60. The molecular weight excluding hydrogens is 211 g/mol. The van der Waals surface area contributed by atoms with Gasteiger partial charge >= 0.3 is 18.3 Å². The van der Waals surface area contributed by atoms with Crippen molar-refractivity contribution in [2.24, 2.45) is 0 Å². The third kappa shape index (κ3) is 5.50. The number of halogens is 5. The Morgan fingerprint density at radius 3 is 2.00 bits per heavy atom. The number of hydrogen-bond donors (Lipinski definition) is 0. The Labute approximate surface area is 76.3 Å². The summed E-state index contributed by atoms with van der Waals surface area (Å²) in [5.41, 5.74) is -0.396. The molecule has 0 unspecified atom stereocenters. The van der Waals surface area contributed by atoms with Crippen LogP contribution in [0.25, 0.3) is 0 Å². The van der Waals surface area contributed by atoms with E-state index in [1.165, 1.54) is 0 Å². The van der Waals surface area contributed by atoms with Gasteiger partial charge in [-0.2, -0.15) is 22.0 Å². The van der Waals surface area contributed by atoms with Crippen molar-refractivity contribution in [2.75, 3.05) is 0 Å². The minimum Gasteiger partial charge on any atom is -0.397 e.